The zero-order chi connectivity index (χ0) is 7.98. The molecule has 0 nitrogen and oxygen atoms in total. The highest BCUT2D eigenvalue weighted by Gasteiger charge is 2.05. The first-order chi connectivity index (χ1) is 4.68. The predicted octanol–water partition coefficient (Wildman–Crippen LogP) is 3.44. The molecule has 0 amide bonds. The number of hydrogen-bond donors (Lipinski definition) is 0. The summed E-state index contributed by atoms with van der Waals surface area (Å²) in [7, 11) is 0. The van der Waals surface area contributed by atoms with E-state index in [0.717, 1.165) is 0 Å². The summed E-state index contributed by atoms with van der Waals surface area (Å²) in [5.41, 5.74) is 0. The van der Waals surface area contributed by atoms with Gasteiger partial charge in [-0.05, 0) is 12.3 Å². The Morgan fingerprint density at radius 1 is 1.50 bits per heavy atom. The van der Waals surface area contributed by atoms with E-state index in [1.165, 1.54) is 0 Å². The molecule has 0 heterocycles. The maximum absolute atomic E-state index is 5.83. The van der Waals surface area contributed by atoms with E-state index in [2.05, 4.69) is 13.5 Å². The van der Waals surface area contributed by atoms with E-state index in [0.29, 0.717) is 5.25 Å². The molecule has 58 valence electrons. The van der Waals surface area contributed by atoms with Gasteiger partial charge in [-0.15, -0.1) is 23.4 Å². The van der Waals surface area contributed by atoms with Gasteiger partial charge in [-0.1, -0.05) is 25.7 Å². The summed E-state index contributed by atoms with van der Waals surface area (Å²) in [6.45, 7) is 7.68. The molecule has 0 spiro atoms. The lowest BCUT2D eigenvalue weighted by Crippen LogP contribution is -2.07. The molecule has 0 saturated heterocycles. The van der Waals surface area contributed by atoms with Crippen LogP contribution in [0.5, 0.6) is 0 Å². The van der Waals surface area contributed by atoms with Crippen LogP contribution in [0.3, 0.4) is 0 Å². The van der Waals surface area contributed by atoms with Gasteiger partial charge in [-0.25, -0.2) is 0 Å². The molecule has 0 saturated carbocycles. The average molecular weight is 177 g/mol. The summed E-state index contributed by atoms with van der Waals surface area (Å²) in [4.78, 5) is 0. The molecule has 2 heteroatoms. The summed E-state index contributed by atoms with van der Waals surface area (Å²) >= 11 is 7.55. The van der Waals surface area contributed by atoms with E-state index in [4.69, 9.17) is 11.6 Å². The normalized spacial score (nSPS) is 17.1. The molecule has 0 aromatic rings. The molecule has 2 atom stereocenters. The maximum atomic E-state index is 5.83. The van der Waals surface area contributed by atoms with Crippen LogP contribution in [0.4, 0.5) is 0 Å². The van der Waals surface area contributed by atoms with E-state index < -0.39 is 0 Å². The zero-order valence-electron chi connectivity index (χ0n) is 6.38. The van der Waals surface area contributed by atoms with Crippen molar-refractivity contribution in [2.45, 2.75) is 24.5 Å². The Kier molecular flexibility index (Phi) is 5.94. The van der Waals surface area contributed by atoms with Gasteiger partial charge >= 0.3 is 0 Å². The predicted molar refractivity (Wildman–Crippen MR) is 51.7 cm³/mol. The number of thioether (sulfide) groups is 1. The van der Waals surface area contributed by atoms with Crippen molar-refractivity contribution in [3.05, 3.63) is 24.1 Å². The smallest absolute Gasteiger partial charge is 0.0427 e. The molecule has 0 aromatic carbocycles. The van der Waals surface area contributed by atoms with Gasteiger partial charge in [0, 0.05) is 10.6 Å². The minimum atomic E-state index is 0.222. The molecule has 10 heavy (non-hydrogen) atoms. The van der Waals surface area contributed by atoms with Crippen molar-refractivity contribution in [2.24, 2.45) is 0 Å². The summed E-state index contributed by atoms with van der Waals surface area (Å²) in [6.07, 6.45) is 3.68. The molecule has 0 radical (unpaired) electrons. The van der Waals surface area contributed by atoms with Crippen molar-refractivity contribution in [1.82, 2.24) is 0 Å². The fourth-order valence-electron chi connectivity index (χ4n) is 0.333. The first-order valence-corrected chi connectivity index (χ1v) is 4.63. The molecule has 0 aromatic heterocycles. The van der Waals surface area contributed by atoms with Crippen molar-refractivity contribution < 1.29 is 0 Å². The number of alkyl halides is 1. The highest BCUT2D eigenvalue weighted by molar-refractivity contribution is 8.02. The number of rotatable bonds is 4. The Morgan fingerprint density at radius 2 is 2.10 bits per heavy atom. The molecule has 0 rings (SSSR count). The average Bonchev–Trinajstić information content (AvgIpc) is 1.88. The minimum absolute atomic E-state index is 0.222. The standard InChI is InChI=1S/C8H13ClS/c1-4-5-6-10-8(3)7(2)9/h4-8H,1H2,2-3H3/b6-5-/t7-,8?/m0/s1. The summed E-state index contributed by atoms with van der Waals surface area (Å²) in [5, 5.41) is 2.70. The van der Waals surface area contributed by atoms with E-state index in [-0.39, 0.29) is 5.38 Å². The lowest BCUT2D eigenvalue weighted by Gasteiger charge is -2.08. The fourth-order valence-corrected chi connectivity index (χ4v) is 1.18. The van der Waals surface area contributed by atoms with Gasteiger partial charge < -0.3 is 0 Å². The molecule has 0 fully saturated rings. The van der Waals surface area contributed by atoms with E-state index >= 15 is 0 Å². The molecule has 0 N–H and O–H groups in total. The van der Waals surface area contributed by atoms with E-state index in [1.807, 2.05) is 18.4 Å². The second-order valence-corrected chi connectivity index (χ2v) is 4.06. The monoisotopic (exact) mass is 176 g/mol. The second kappa shape index (κ2) is 5.87. The Bertz CT molecular complexity index is 118. The van der Waals surface area contributed by atoms with Gasteiger partial charge in [0.05, 0.1) is 0 Å². The van der Waals surface area contributed by atoms with Crippen LogP contribution in [0.25, 0.3) is 0 Å². The van der Waals surface area contributed by atoms with E-state index in [1.54, 1.807) is 17.8 Å². The van der Waals surface area contributed by atoms with Crippen molar-refractivity contribution in [3.63, 3.8) is 0 Å². The van der Waals surface area contributed by atoms with Crippen LogP contribution in [0.2, 0.25) is 0 Å². The van der Waals surface area contributed by atoms with Crippen LogP contribution in [0.1, 0.15) is 13.8 Å². The van der Waals surface area contributed by atoms with E-state index in [9.17, 15) is 0 Å². The van der Waals surface area contributed by atoms with Crippen molar-refractivity contribution >= 4 is 23.4 Å². The number of halogens is 1. The Hall–Kier alpha value is 0.120. The number of hydrogen-bond acceptors (Lipinski definition) is 1. The topological polar surface area (TPSA) is 0 Å². The quantitative estimate of drug-likeness (QED) is 0.467. The zero-order valence-corrected chi connectivity index (χ0v) is 7.95. The lowest BCUT2D eigenvalue weighted by molar-refractivity contribution is 0.919. The summed E-state index contributed by atoms with van der Waals surface area (Å²) < 4.78 is 0. The first-order valence-electron chi connectivity index (χ1n) is 3.25. The summed E-state index contributed by atoms with van der Waals surface area (Å²) in [6, 6.07) is 0. The van der Waals surface area contributed by atoms with Gasteiger partial charge in [0.25, 0.3) is 0 Å². The third-order valence-corrected chi connectivity index (χ3v) is 2.83. The Morgan fingerprint density at radius 3 is 2.50 bits per heavy atom. The van der Waals surface area contributed by atoms with Crippen LogP contribution in [0.15, 0.2) is 24.1 Å². The molecular formula is C8H13ClS. The largest absolute Gasteiger partial charge is 0.129 e. The Labute approximate surface area is 72.3 Å². The number of allylic oxidation sites excluding steroid dienone is 2. The van der Waals surface area contributed by atoms with Crippen LogP contribution >= 0.6 is 23.4 Å². The molecular weight excluding hydrogens is 164 g/mol. The third-order valence-electron chi connectivity index (χ3n) is 1.15. The van der Waals surface area contributed by atoms with Crippen LogP contribution in [0, 0.1) is 0 Å². The molecule has 0 aliphatic heterocycles. The van der Waals surface area contributed by atoms with Crippen LogP contribution in [-0.2, 0) is 0 Å². The van der Waals surface area contributed by atoms with Gasteiger partial charge in [-0.2, -0.15) is 0 Å². The van der Waals surface area contributed by atoms with Crippen LogP contribution < -0.4 is 0 Å². The molecule has 1 unspecified atom stereocenters. The van der Waals surface area contributed by atoms with Gasteiger partial charge in [0.1, 0.15) is 0 Å². The summed E-state index contributed by atoms with van der Waals surface area (Å²) in [5.74, 6) is 0. The molecule has 0 aliphatic rings. The van der Waals surface area contributed by atoms with Crippen molar-refractivity contribution in [3.8, 4) is 0 Å². The van der Waals surface area contributed by atoms with Gasteiger partial charge in [0.2, 0.25) is 0 Å². The fraction of sp³-hybridized carbons (Fsp3) is 0.500. The lowest BCUT2D eigenvalue weighted by atomic mass is 10.4. The third kappa shape index (κ3) is 4.95. The minimum Gasteiger partial charge on any atom is -0.129 e. The molecule has 0 aliphatic carbocycles. The Balaban J connectivity index is 3.48. The van der Waals surface area contributed by atoms with Crippen LogP contribution in [-0.4, -0.2) is 10.6 Å². The SMILES string of the molecule is C=C/C=C\SC(C)[C@H](C)Cl. The highest BCUT2D eigenvalue weighted by atomic mass is 35.5. The van der Waals surface area contributed by atoms with Crippen molar-refractivity contribution in [2.75, 3.05) is 0 Å². The second-order valence-electron chi connectivity index (χ2n) is 2.08. The molecule has 0 bridgehead atoms. The first kappa shape index (κ1) is 10.1. The maximum Gasteiger partial charge on any atom is 0.0427 e. The highest BCUT2D eigenvalue weighted by Crippen LogP contribution is 2.18. The van der Waals surface area contributed by atoms with Gasteiger partial charge in [-0.3, -0.25) is 0 Å². The van der Waals surface area contributed by atoms with Crippen molar-refractivity contribution in [1.29, 1.82) is 0 Å². The van der Waals surface area contributed by atoms with Gasteiger partial charge in [0.15, 0.2) is 0 Å².